The number of halogens is 1. The van der Waals surface area contributed by atoms with Crippen molar-refractivity contribution < 1.29 is 161 Å². The maximum absolute atomic E-state index is 13.3. The number of ether oxygens (including phenoxy) is 2. The predicted octanol–water partition coefficient (Wildman–Crippen LogP) is 0.734. The van der Waals surface area contributed by atoms with E-state index < -0.39 is 58.9 Å². The normalized spacial score (nSPS) is 34.2. The van der Waals surface area contributed by atoms with Gasteiger partial charge in [0.1, 0.15) is 23.4 Å². The number of hydrogen-bond donors (Lipinski definition) is 4. The molecule has 0 aromatic carbocycles. The first kappa shape index (κ1) is 42.3. The molecule has 4 N–H and O–H groups in total. The monoisotopic (exact) mass is 1150 g/mol. The maximum Gasteiger partial charge on any atom is 0.330 e. The summed E-state index contributed by atoms with van der Waals surface area (Å²) < 4.78 is 24.9. The smallest absolute Gasteiger partial charge is 0.330 e. The minimum atomic E-state index is -1.14. The fourth-order valence-corrected chi connectivity index (χ4v) is 4.05. The van der Waals surface area contributed by atoms with Gasteiger partial charge in [-0.2, -0.15) is 4.39 Å². The molecule has 0 aliphatic carbocycles. The number of aliphatic hydroxyl groups excluding tert-OH is 3. The molecule has 36 heavy (non-hydrogen) atoms. The Morgan fingerprint density at radius 1 is 1.00 bits per heavy atom. The topological polar surface area (TPSA) is 134 Å². The number of hydrogen-bond acceptors (Lipinski definition) is 7. The average molecular weight is 1150 g/mol. The first-order chi connectivity index (χ1) is 14.9. The van der Waals surface area contributed by atoms with Gasteiger partial charge in [0, 0.05) is 144 Å². The second-order valence-electron chi connectivity index (χ2n) is 7.99. The number of nitrogens with zero attached hydrogens (tertiary/aromatic N) is 1. The number of aromatic amines is 1. The summed E-state index contributed by atoms with van der Waals surface area (Å²) >= 11 is 0. The Hall–Kier alpha value is 1.85. The number of nitrogens with one attached hydrogen (secondary N) is 1. The molecule has 3 heterocycles. The van der Waals surface area contributed by atoms with Crippen LogP contribution < -0.4 is 11.2 Å². The van der Waals surface area contributed by atoms with Crippen LogP contribution in [0.2, 0.25) is 0 Å². The zero-order valence-corrected chi connectivity index (χ0v) is 34.4. The second kappa shape index (κ2) is 17.6. The van der Waals surface area contributed by atoms with Gasteiger partial charge >= 0.3 is 5.69 Å². The molecule has 0 amide bonds. The molecule has 0 saturated carbocycles. The van der Waals surface area contributed by atoms with Crippen LogP contribution in [0.3, 0.4) is 0 Å². The molecule has 1 aromatic heterocycles. The molecule has 193 valence electrons. The van der Waals surface area contributed by atoms with Crippen molar-refractivity contribution in [3.05, 3.63) is 32.9 Å². The van der Waals surface area contributed by atoms with E-state index in [1.165, 1.54) is 0 Å². The standard InChI is InChI=1S/C13H15FN2O4.C9H14O3.CH4.3Ac/c1-4-13(5-2)7(3)9(17)11(20-13)16-6-8(14)10(18)15-12(16)19;1-4-9(5-2)6(3)7(10)8(11)12-9;;;;/h1,6-7,9,11,17H,5H2,2-3H3,(H,15,18,19);1,6-8,10-11H,5H2,2-3H3;1H4;;;/t7?,9?,11-,13-;6?,7?,8?,9-;;;;/m11..../s1. The number of aliphatic hydroxyl groups is 3. The Morgan fingerprint density at radius 3 is 1.78 bits per heavy atom. The van der Waals surface area contributed by atoms with E-state index in [0.717, 1.165) is 4.57 Å². The van der Waals surface area contributed by atoms with Crippen molar-refractivity contribution in [3.8, 4) is 24.7 Å². The van der Waals surface area contributed by atoms with Crippen molar-refractivity contribution in [3.63, 3.8) is 0 Å². The Kier molecular flexibility index (Phi) is 20.7. The maximum atomic E-state index is 13.3. The Bertz CT molecular complexity index is 1040. The summed E-state index contributed by atoms with van der Waals surface area (Å²) in [4.78, 5) is 24.5. The van der Waals surface area contributed by atoms with Gasteiger partial charge in [-0.05, 0) is 12.8 Å². The molecule has 9 nitrogen and oxygen atoms in total. The summed E-state index contributed by atoms with van der Waals surface area (Å²) in [5, 5.41) is 28.8. The van der Waals surface area contributed by atoms with E-state index in [0.29, 0.717) is 19.0 Å². The van der Waals surface area contributed by atoms with E-state index in [-0.39, 0.29) is 146 Å². The molecule has 3 radical (unpaired) electrons. The third kappa shape index (κ3) is 8.44. The van der Waals surface area contributed by atoms with Crippen molar-refractivity contribution in [2.75, 3.05) is 0 Å². The van der Waals surface area contributed by atoms with Gasteiger partial charge in [0.25, 0.3) is 5.56 Å². The number of rotatable bonds is 3. The van der Waals surface area contributed by atoms with Crippen molar-refractivity contribution in [2.24, 2.45) is 11.8 Å². The average Bonchev–Trinajstić information content (AvgIpc) is 3.17. The predicted molar refractivity (Wildman–Crippen MR) is 119 cm³/mol. The van der Waals surface area contributed by atoms with E-state index in [9.17, 15) is 29.3 Å². The van der Waals surface area contributed by atoms with Crippen LogP contribution in [-0.4, -0.2) is 54.6 Å². The summed E-state index contributed by atoms with van der Waals surface area (Å²) in [6.07, 6.45) is 8.25. The van der Waals surface area contributed by atoms with E-state index >= 15 is 0 Å². The van der Waals surface area contributed by atoms with Gasteiger partial charge in [0.2, 0.25) is 5.82 Å². The molecule has 0 spiro atoms. The molecule has 5 unspecified atom stereocenters. The Morgan fingerprint density at radius 2 is 1.44 bits per heavy atom. The molecule has 2 aliphatic heterocycles. The summed E-state index contributed by atoms with van der Waals surface area (Å²) in [7, 11) is 0. The van der Waals surface area contributed by atoms with Gasteiger partial charge in [-0.15, -0.1) is 12.8 Å². The van der Waals surface area contributed by atoms with Crippen molar-refractivity contribution >= 4 is 0 Å². The molecule has 2 fully saturated rings. The first-order valence-corrected chi connectivity index (χ1v) is 10.3. The van der Waals surface area contributed by atoms with Gasteiger partial charge in [0.05, 0.1) is 6.20 Å². The second-order valence-corrected chi connectivity index (χ2v) is 7.99. The van der Waals surface area contributed by atoms with Gasteiger partial charge in [-0.1, -0.05) is 47.0 Å². The number of terminal acetylenes is 2. The van der Waals surface area contributed by atoms with Crippen LogP contribution in [0.15, 0.2) is 15.8 Å². The SMILES string of the molecule is C.C#C[C@]1(CC)OC(O)C(O)C1C.C#C[C@]1(CC)O[C@@H](n2cc(F)c(=O)[nH]c2=O)C(O)C1C.[Ac].[Ac].[Ac]. The Labute approximate surface area is 318 Å². The van der Waals surface area contributed by atoms with Crippen molar-refractivity contribution in [2.45, 2.75) is 83.9 Å². The molecule has 13 heteroatoms. The summed E-state index contributed by atoms with van der Waals surface area (Å²) in [6, 6.07) is 0. The van der Waals surface area contributed by atoms with E-state index in [1.807, 2.05) is 11.9 Å². The van der Waals surface area contributed by atoms with Crippen LogP contribution in [0.1, 0.15) is 54.2 Å². The molecular weight excluding hydrogens is 1120 g/mol. The van der Waals surface area contributed by atoms with Crippen LogP contribution in [0, 0.1) is 175 Å². The van der Waals surface area contributed by atoms with Gasteiger partial charge in [-0.3, -0.25) is 14.3 Å². The first-order valence-electron chi connectivity index (χ1n) is 10.3. The van der Waals surface area contributed by atoms with E-state index in [1.54, 1.807) is 20.8 Å². The molecule has 3 rings (SSSR count). The van der Waals surface area contributed by atoms with Crippen molar-refractivity contribution in [1.82, 2.24) is 9.55 Å². The minimum Gasteiger partial charge on any atom is -0.388 e. The quantitative estimate of drug-likeness (QED) is 0.329. The summed E-state index contributed by atoms with van der Waals surface area (Å²) in [5.74, 6) is 3.19. The van der Waals surface area contributed by atoms with Crippen LogP contribution >= 0.6 is 0 Å². The van der Waals surface area contributed by atoms with Crippen molar-refractivity contribution in [1.29, 1.82) is 0 Å². The number of aromatic nitrogens is 2. The zero-order chi connectivity index (χ0) is 24.4. The molecule has 8 atom stereocenters. The number of H-pyrrole nitrogens is 1. The third-order valence-corrected chi connectivity index (χ3v) is 6.48. The Balaban J connectivity index is -0.000000598. The fraction of sp³-hybridized carbons (Fsp3) is 0.652. The molecular formula is C23H33Ac3FN2O7. The van der Waals surface area contributed by atoms with Gasteiger partial charge < -0.3 is 24.8 Å². The largest absolute Gasteiger partial charge is 0.388 e. The van der Waals surface area contributed by atoms with E-state index in [4.69, 9.17) is 22.3 Å². The molecule has 2 saturated heterocycles. The molecule has 0 bridgehead atoms. The van der Waals surface area contributed by atoms with Gasteiger partial charge in [-0.25, -0.2) is 4.79 Å². The zero-order valence-electron chi connectivity index (χ0n) is 20.1. The van der Waals surface area contributed by atoms with Crippen LogP contribution in [0.5, 0.6) is 0 Å². The van der Waals surface area contributed by atoms with Gasteiger partial charge in [0.15, 0.2) is 12.5 Å². The summed E-state index contributed by atoms with van der Waals surface area (Å²) in [5.41, 5.74) is -3.81. The van der Waals surface area contributed by atoms with Crippen LogP contribution in [-0.2, 0) is 9.47 Å². The molecule has 2 aliphatic rings. The molecule has 1 aromatic rings. The minimum absolute atomic E-state index is 0. The summed E-state index contributed by atoms with van der Waals surface area (Å²) in [6.45, 7) is 7.15. The third-order valence-electron chi connectivity index (χ3n) is 6.48. The van der Waals surface area contributed by atoms with Crippen LogP contribution in [0.25, 0.3) is 0 Å². The van der Waals surface area contributed by atoms with E-state index in [2.05, 4.69) is 11.8 Å². The fourth-order valence-electron chi connectivity index (χ4n) is 4.05. The van der Waals surface area contributed by atoms with Crippen LogP contribution in [0.4, 0.5) is 4.39 Å².